The summed E-state index contributed by atoms with van der Waals surface area (Å²) in [5.41, 5.74) is 0.542. The molecule has 3 heterocycles. The highest BCUT2D eigenvalue weighted by atomic mass is 32.2. The SMILES string of the molecule is N#Cc1cccnc1N1CCCN(CC(=O)N2CCN(S(=O)(=O)c3ccc(F)cc3)CC2)CC1. The van der Waals surface area contributed by atoms with Crippen LogP contribution in [0, 0.1) is 17.1 Å². The second-order valence-corrected chi connectivity index (χ2v) is 10.3. The van der Waals surface area contributed by atoms with Crippen molar-refractivity contribution in [2.24, 2.45) is 0 Å². The molecule has 0 unspecified atom stereocenters. The van der Waals surface area contributed by atoms with Crippen LogP contribution >= 0.6 is 0 Å². The van der Waals surface area contributed by atoms with Gasteiger partial charge in [-0.3, -0.25) is 9.69 Å². The fourth-order valence-corrected chi connectivity index (χ4v) is 5.72. The molecule has 2 aromatic rings. The maximum atomic E-state index is 13.1. The fraction of sp³-hybridized carbons (Fsp3) is 0.435. The standard InChI is InChI=1S/C23H27FN6O3S/c24-20-4-6-21(7-5-20)34(32,33)30-15-13-28(14-16-30)22(31)18-27-9-2-10-29(12-11-27)23-19(17-25)3-1-8-26-23/h1,3-8H,2,9-16,18H2. The Bertz CT molecular complexity index is 1160. The summed E-state index contributed by atoms with van der Waals surface area (Å²) in [6.45, 7) is 4.18. The van der Waals surface area contributed by atoms with Gasteiger partial charge in [0.1, 0.15) is 17.7 Å². The number of aromatic nitrogens is 1. The van der Waals surface area contributed by atoms with Crippen LogP contribution < -0.4 is 4.90 Å². The molecule has 11 heteroatoms. The molecule has 2 aliphatic heterocycles. The van der Waals surface area contributed by atoms with Crippen molar-refractivity contribution in [3.8, 4) is 6.07 Å². The molecule has 1 aromatic heterocycles. The van der Waals surface area contributed by atoms with Crippen LogP contribution in [0.2, 0.25) is 0 Å². The number of rotatable bonds is 5. The van der Waals surface area contributed by atoms with Crippen molar-refractivity contribution in [2.75, 3.05) is 63.8 Å². The number of pyridine rings is 1. The quantitative estimate of drug-likeness (QED) is 0.625. The minimum absolute atomic E-state index is 0.0252. The van der Waals surface area contributed by atoms with Crippen molar-refractivity contribution < 1.29 is 17.6 Å². The number of nitriles is 1. The van der Waals surface area contributed by atoms with Crippen LogP contribution in [0.5, 0.6) is 0 Å². The van der Waals surface area contributed by atoms with Crippen molar-refractivity contribution in [3.05, 3.63) is 54.0 Å². The predicted octanol–water partition coefficient (Wildman–Crippen LogP) is 1.14. The third-order valence-corrected chi connectivity index (χ3v) is 8.11. The molecule has 2 saturated heterocycles. The molecule has 1 aromatic carbocycles. The first-order valence-corrected chi connectivity index (χ1v) is 12.7. The van der Waals surface area contributed by atoms with Crippen molar-refractivity contribution in [3.63, 3.8) is 0 Å². The van der Waals surface area contributed by atoms with Crippen LogP contribution in [0.25, 0.3) is 0 Å². The third kappa shape index (κ3) is 5.35. The zero-order valence-electron chi connectivity index (χ0n) is 18.8. The van der Waals surface area contributed by atoms with Crippen LogP contribution in [0.3, 0.4) is 0 Å². The van der Waals surface area contributed by atoms with Gasteiger partial charge in [-0.1, -0.05) is 0 Å². The monoisotopic (exact) mass is 486 g/mol. The van der Waals surface area contributed by atoms with Crippen molar-refractivity contribution in [1.82, 2.24) is 19.1 Å². The first-order valence-electron chi connectivity index (χ1n) is 11.2. The van der Waals surface area contributed by atoms with Gasteiger partial charge in [0.2, 0.25) is 15.9 Å². The van der Waals surface area contributed by atoms with Crippen molar-refractivity contribution in [2.45, 2.75) is 11.3 Å². The van der Waals surface area contributed by atoms with Gasteiger partial charge in [-0.15, -0.1) is 0 Å². The van der Waals surface area contributed by atoms with E-state index in [4.69, 9.17) is 0 Å². The smallest absolute Gasteiger partial charge is 0.243 e. The number of amides is 1. The van der Waals surface area contributed by atoms with E-state index >= 15 is 0 Å². The van der Waals surface area contributed by atoms with E-state index in [1.165, 1.54) is 16.4 Å². The molecule has 0 radical (unpaired) electrons. The average molecular weight is 487 g/mol. The molecule has 2 aliphatic rings. The summed E-state index contributed by atoms with van der Waals surface area (Å²) in [7, 11) is -3.71. The molecule has 0 N–H and O–H groups in total. The predicted molar refractivity (Wildman–Crippen MR) is 124 cm³/mol. The van der Waals surface area contributed by atoms with Crippen LogP contribution in [-0.4, -0.2) is 92.3 Å². The number of hydrogen-bond donors (Lipinski definition) is 0. The van der Waals surface area contributed by atoms with E-state index in [9.17, 15) is 22.9 Å². The lowest BCUT2D eigenvalue weighted by molar-refractivity contribution is -0.133. The number of piperazine rings is 1. The zero-order chi connectivity index (χ0) is 24.1. The number of nitrogens with zero attached hydrogens (tertiary/aromatic N) is 6. The number of sulfonamides is 1. The molecule has 0 bridgehead atoms. The van der Waals surface area contributed by atoms with Gasteiger partial charge < -0.3 is 9.80 Å². The van der Waals surface area contributed by atoms with Gasteiger partial charge in [0.25, 0.3) is 0 Å². The van der Waals surface area contributed by atoms with Gasteiger partial charge in [-0.2, -0.15) is 9.57 Å². The molecule has 1 amide bonds. The van der Waals surface area contributed by atoms with E-state index in [0.717, 1.165) is 31.6 Å². The summed E-state index contributed by atoms with van der Waals surface area (Å²) in [5, 5.41) is 9.35. The Morgan fingerprint density at radius 1 is 1.00 bits per heavy atom. The Morgan fingerprint density at radius 2 is 1.74 bits per heavy atom. The molecule has 180 valence electrons. The van der Waals surface area contributed by atoms with Crippen LogP contribution in [0.1, 0.15) is 12.0 Å². The molecule has 0 aliphatic carbocycles. The minimum Gasteiger partial charge on any atom is -0.354 e. The summed E-state index contributed by atoms with van der Waals surface area (Å²) < 4.78 is 40.1. The second-order valence-electron chi connectivity index (χ2n) is 8.34. The number of benzene rings is 1. The lowest BCUT2D eigenvalue weighted by Crippen LogP contribution is -2.52. The first-order chi connectivity index (χ1) is 16.4. The van der Waals surface area contributed by atoms with Gasteiger partial charge in [-0.05, 0) is 42.8 Å². The van der Waals surface area contributed by atoms with Gasteiger partial charge in [-0.25, -0.2) is 17.8 Å². The molecular weight excluding hydrogens is 459 g/mol. The summed E-state index contributed by atoms with van der Waals surface area (Å²) in [6.07, 6.45) is 2.52. The normalized spacial score (nSPS) is 18.4. The molecule has 34 heavy (non-hydrogen) atoms. The highest BCUT2D eigenvalue weighted by molar-refractivity contribution is 7.89. The summed E-state index contributed by atoms with van der Waals surface area (Å²) in [4.78, 5) is 23.2. The Morgan fingerprint density at radius 3 is 2.44 bits per heavy atom. The summed E-state index contributed by atoms with van der Waals surface area (Å²) in [5.74, 6) is 0.163. The zero-order valence-corrected chi connectivity index (χ0v) is 19.6. The van der Waals surface area contributed by atoms with Crippen molar-refractivity contribution in [1.29, 1.82) is 5.26 Å². The maximum absolute atomic E-state index is 13.1. The Labute approximate surface area is 199 Å². The van der Waals surface area contributed by atoms with E-state index in [2.05, 4.69) is 20.9 Å². The van der Waals surface area contributed by atoms with Crippen molar-refractivity contribution >= 4 is 21.7 Å². The van der Waals surface area contributed by atoms with E-state index < -0.39 is 15.8 Å². The van der Waals surface area contributed by atoms with Crippen LogP contribution in [0.15, 0.2) is 47.5 Å². The highest BCUT2D eigenvalue weighted by Crippen LogP contribution is 2.20. The Kier molecular flexibility index (Phi) is 7.41. The van der Waals surface area contributed by atoms with Gasteiger partial charge in [0.15, 0.2) is 0 Å². The minimum atomic E-state index is -3.71. The fourth-order valence-electron chi connectivity index (χ4n) is 4.30. The third-order valence-electron chi connectivity index (χ3n) is 6.20. The second kappa shape index (κ2) is 10.5. The molecule has 2 fully saturated rings. The van der Waals surface area contributed by atoms with E-state index in [-0.39, 0.29) is 30.4 Å². The summed E-state index contributed by atoms with van der Waals surface area (Å²) >= 11 is 0. The molecule has 4 rings (SSSR count). The number of carbonyl (C=O) groups excluding carboxylic acids is 1. The van der Waals surface area contributed by atoms with E-state index in [1.54, 1.807) is 23.2 Å². The highest BCUT2D eigenvalue weighted by Gasteiger charge is 2.31. The van der Waals surface area contributed by atoms with Gasteiger partial charge in [0.05, 0.1) is 17.0 Å². The lowest BCUT2D eigenvalue weighted by atomic mass is 10.2. The van der Waals surface area contributed by atoms with Crippen LogP contribution in [0.4, 0.5) is 10.2 Å². The van der Waals surface area contributed by atoms with E-state index in [1.807, 2.05) is 0 Å². The average Bonchev–Trinajstić information content (AvgIpc) is 3.10. The van der Waals surface area contributed by atoms with Crippen LogP contribution in [-0.2, 0) is 14.8 Å². The van der Waals surface area contributed by atoms with Gasteiger partial charge >= 0.3 is 0 Å². The number of anilines is 1. The molecule has 9 nitrogen and oxygen atoms in total. The Balaban J connectivity index is 1.29. The lowest BCUT2D eigenvalue weighted by Gasteiger charge is -2.35. The number of carbonyl (C=O) groups is 1. The topological polar surface area (TPSA) is 101 Å². The Hall–Kier alpha value is -3.07. The van der Waals surface area contributed by atoms with E-state index in [0.29, 0.717) is 37.6 Å². The first kappa shape index (κ1) is 24.1. The number of halogens is 1. The van der Waals surface area contributed by atoms with Gasteiger partial charge in [0, 0.05) is 58.6 Å². The summed E-state index contributed by atoms with van der Waals surface area (Å²) in [6, 6.07) is 10.5. The molecule has 0 atom stereocenters. The largest absolute Gasteiger partial charge is 0.354 e. The molecule has 0 spiro atoms. The maximum Gasteiger partial charge on any atom is 0.243 e. The molecular formula is C23H27FN6O3S. The molecule has 0 saturated carbocycles. The number of hydrogen-bond acceptors (Lipinski definition) is 7.